The Bertz CT molecular complexity index is 2120. The van der Waals surface area contributed by atoms with Gasteiger partial charge in [-0.25, -0.2) is 22.8 Å². The molecular weight excluding hydrogens is 708 g/mol. The number of hydrogen-bond donors (Lipinski definition) is 3. The summed E-state index contributed by atoms with van der Waals surface area (Å²) in [4.78, 5) is 66.0. The van der Waals surface area contributed by atoms with Gasteiger partial charge >= 0.3 is 0 Å². The fraction of sp³-hybridized carbons (Fsp3) is 0.528. The van der Waals surface area contributed by atoms with Gasteiger partial charge in [0.05, 0.1) is 16.8 Å². The Labute approximate surface area is 306 Å². The van der Waals surface area contributed by atoms with Crippen molar-refractivity contribution >= 4 is 44.7 Å². The Hall–Kier alpha value is -4.93. The summed E-state index contributed by atoms with van der Waals surface area (Å²) in [6.45, 7) is 3.13. The number of ether oxygens (including phenoxy) is 1. The minimum absolute atomic E-state index is 0.00264. The fourth-order valence-corrected chi connectivity index (χ4v) is 8.41. The van der Waals surface area contributed by atoms with Crippen LogP contribution < -0.4 is 20.1 Å². The van der Waals surface area contributed by atoms with Gasteiger partial charge in [0.1, 0.15) is 40.6 Å². The predicted molar refractivity (Wildman–Crippen MR) is 189 cm³/mol. The van der Waals surface area contributed by atoms with Crippen LogP contribution in [0.5, 0.6) is 5.88 Å². The number of carbonyl (C=O) groups is 4. The summed E-state index contributed by atoms with van der Waals surface area (Å²) in [5, 5.41) is 9.82. The molecule has 1 saturated heterocycles. The number of halogens is 1. The average Bonchev–Trinajstić information content (AvgIpc) is 3.91. The van der Waals surface area contributed by atoms with Crippen LogP contribution in [0.1, 0.15) is 80.9 Å². The van der Waals surface area contributed by atoms with Crippen molar-refractivity contribution in [3.8, 4) is 5.88 Å². The van der Waals surface area contributed by atoms with Crippen molar-refractivity contribution in [1.82, 2.24) is 40.0 Å². The van der Waals surface area contributed by atoms with Crippen molar-refractivity contribution in [1.29, 1.82) is 0 Å². The molecule has 5 atom stereocenters. The predicted octanol–water partition coefficient (Wildman–Crippen LogP) is 2.35. The first kappa shape index (κ1) is 36.4. The van der Waals surface area contributed by atoms with Crippen molar-refractivity contribution in [3.05, 3.63) is 59.8 Å². The van der Waals surface area contributed by atoms with Crippen molar-refractivity contribution in [2.24, 2.45) is 13.0 Å². The molecule has 4 heterocycles. The highest BCUT2D eigenvalue weighted by Gasteiger charge is 2.63. The molecule has 7 rings (SSSR count). The maximum atomic E-state index is 14.7. The van der Waals surface area contributed by atoms with Crippen LogP contribution >= 0.6 is 0 Å². The lowest BCUT2D eigenvalue weighted by Crippen LogP contribution is -2.58. The number of rotatable bonds is 7. The number of sulfonamides is 1. The number of carbonyl (C=O) groups excluding carboxylic acids is 4. The third-order valence-electron chi connectivity index (χ3n) is 10.8. The zero-order chi connectivity index (χ0) is 37.7. The van der Waals surface area contributed by atoms with E-state index in [1.165, 1.54) is 27.8 Å². The highest BCUT2D eigenvalue weighted by Crippen LogP contribution is 2.47. The van der Waals surface area contributed by atoms with Gasteiger partial charge in [0, 0.05) is 25.6 Å². The molecule has 0 spiro atoms. The lowest BCUT2D eigenvalue weighted by molar-refractivity contribution is -0.141. The number of amides is 4. The van der Waals surface area contributed by atoms with Gasteiger partial charge in [-0.2, -0.15) is 5.10 Å². The van der Waals surface area contributed by atoms with E-state index in [-0.39, 0.29) is 42.9 Å². The lowest BCUT2D eigenvalue weighted by atomic mass is 10.0. The normalized spacial score (nSPS) is 27.7. The van der Waals surface area contributed by atoms with E-state index in [1.807, 2.05) is 12.2 Å². The number of aromatic nitrogens is 4. The highest BCUT2D eigenvalue weighted by atomic mass is 32.2. The zero-order valence-electron chi connectivity index (χ0n) is 29.8. The first-order valence-corrected chi connectivity index (χ1v) is 19.4. The van der Waals surface area contributed by atoms with Crippen LogP contribution in [-0.2, 0) is 31.5 Å². The van der Waals surface area contributed by atoms with E-state index in [2.05, 4.69) is 30.4 Å². The van der Waals surface area contributed by atoms with E-state index >= 15 is 0 Å². The lowest BCUT2D eigenvalue weighted by Gasteiger charge is -2.30. The summed E-state index contributed by atoms with van der Waals surface area (Å²) in [5.41, 5.74) is -0.715. The molecule has 53 heavy (non-hydrogen) atoms. The number of benzene rings is 1. The molecule has 0 bridgehead atoms. The monoisotopic (exact) mass is 750 g/mol. The van der Waals surface area contributed by atoms with Crippen molar-refractivity contribution < 1.29 is 36.7 Å². The third-order valence-corrected chi connectivity index (χ3v) is 12.9. The van der Waals surface area contributed by atoms with Gasteiger partial charge < -0.3 is 20.3 Å². The Balaban J connectivity index is 1.20. The molecule has 17 heteroatoms. The van der Waals surface area contributed by atoms with Crippen LogP contribution in [0.3, 0.4) is 0 Å². The number of nitrogens with one attached hydrogen (secondary N) is 3. The highest BCUT2D eigenvalue weighted by molar-refractivity contribution is 7.91. The second kappa shape index (κ2) is 13.8. The first-order chi connectivity index (χ1) is 25.2. The Morgan fingerprint density at radius 2 is 1.91 bits per heavy atom. The maximum Gasteiger partial charge on any atom is 0.272 e. The van der Waals surface area contributed by atoms with Crippen molar-refractivity contribution in [3.63, 3.8) is 0 Å². The third kappa shape index (κ3) is 7.22. The van der Waals surface area contributed by atoms with E-state index in [0.717, 1.165) is 12.8 Å². The molecular formula is C36H43FN8O7S. The molecule has 15 nitrogen and oxygen atoms in total. The van der Waals surface area contributed by atoms with Gasteiger partial charge in [0.25, 0.3) is 11.8 Å². The van der Waals surface area contributed by atoms with Gasteiger partial charge in [-0.1, -0.05) is 31.1 Å². The van der Waals surface area contributed by atoms with Gasteiger partial charge in [-0.15, -0.1) is 0 Å². The topological polar surface area (TPSA) is 195 Å². The summed E-state index contributed by atoms with van der Waals surface area (Å²) in [6.07, 6.45) is 8.61. The quantitative estimate of drug-likeness (QED) is 0.302. The molecule has 3 N–H and O–H groups in total. The standard InChI is InChI=1S/C36H43FN8O7S/c1-21-32(40-29-24(37)11-9-13-25(29)38-21)52-23-18-28-31(47)41-36(34(49)43-53(50,51)35(2)15-16-35)19-22(36)10-7-5-4-6-8-12-27(33(48)45(28)20-23)39-30(46)26-14-17-44(3)42-26/h7,9-11,13-14,17,22-23,27-28H,4-6,8,12,15-16,18-20H2,1-3H3,(H,39,46)(H,41,47)(H,43,49)/b10-7-/t22?,23-,27+,28+,36-/m1/s1. The number of fused-ring (bicyclic) bond motifs is 3. The van der Waals surface area contributed by atoms with E-state index in [9.17, 15) is 32.0 Å². The van der Waals surface area contributed by atoms with Crippen LogP contribution in [-0.4, -0.2) is 91.7 Å². The zero-order valence-corrected chi connectivity index (χ0v) is 30.6. The molecule has 2 aliphatic heterocycles. The van der Waals surface area contributed by atoms with E-state index in [4.69, 9.17) is 4.74 Å². The molecule has 4 aliphatic rings. The first-order valence-electron chi connectivity index (χ1n) is 18.0. The maximum absolute atomic E-state index is 14.7. The number of nitrogens with zero attached hydrogens (tertiary/aromatic N) is 5. The van der Waals surface area contributed by atoms with Gasteiger partial charge in [-0.3, -0.25) is 28.6 Å². The minimum atomic E-state index is -4.01. The average molecular weight is 751 g/mol. The molecule has 282 valence electrons. The summed E-state index contributed by atoms with van der Waals surface area (Å²) < 4.78 is 49.8. The molecule has 3 fully saturated rings. The van der Waals surface area contributed by atoms with Gasteiger partial charge in [0.2, 0.25) is 27.7 Å². The molecule has 4 amide bonds. The Morgan fingerprint density at radius 3 is 2.64 bits per heavy atom. The van der Waals surface area contributed by atoms with Crippen LogP contribution in [0.4, 0.5) is 4.39 Å². The van der Waals surface area contributed by atoms with Crippen LogP contribution in [0.2, 0.25) is 0 Å². The number of para-hydroxylation sites is 1. The Kier molecular flexibility index (Phi) is 9.49. The SMILES string of the molecule is Cc1nc2cccc(F)c2nc1O[C@@H]1C[C@H]2C(=O)N[C@]3(C(=O)NS(=O)(=O)C4(C)CC4)CC3/C=C\CCCCC[C@H](NC(=O)c3ccn(C)n3)C(=O)N2C1. The van der Waals surface area contributed by atoms with E-state index in [1.54, 1.807) is 33.2 Å². The fourth-order valence-electron chi connectivity index (χ4n) is 7.10. The second-order valence-electron chi connectivity index (χ2n) is 14.8. The number of allylic oxidation sites excluding steroid dienone is 1. The molecule has 1 unspecified atom stereocenters. The Morgan fingerprint density at radius 1 is 1.11 bits per heavy atom. The number of hydrogen-bond acceptors (Lipinski definition) is 10. The largest absolute Gasteiger partial charge is 0.471 e. The summed E-state index contributed by atoms with van der Waals surface area (Å²) in [6, 6.07) is 3.74. The molecule has 1 aromatic carbocycles. The molecule has 3 aromatic rings. The van der Waals surface area contributed by atoms with Crippen LogP contribution in [0, 0.1) is 18.7 Å². The van der Waals surface area contributed by atoms with Crippen LogP contribution in [0.25, 0.3) is 11.0 Å². The van der Waals surface area contributed by atoms with Gasteiger partial charge in [-0.05, 0) is 70.6 Å². The van der Waals surface area contributed by atoms with Crippen molar-refractivity contribution in [2.75, 3.05) is 6.54 Å². The molecule has 2 aliphatic carbocycles. The molecule has 2 aromatic heterocycles. The van der Waals surface area contributed by atoms with Crippen LogP contribution in [0.15, 0.2) is 42.6 Å². The number of aryl methyl sites for hydroxylation is 2. The smallest absolute Gasteiger partial charge is 0.272 e. The molecule has 0 radical (unpaired) electrons. The minimum Gasteiger partial charge on any atom is -0.471 e. The summed E-state index contributed by atoms with van der Waals surface area (Å²) >= 11 is 0. The molecule has 2 saturated carbocycles. The second-order valence-corrected chi connectivity index (χ2v) is 17.0. The van der Waals surface area contributed by atoms with Gasteiger partial charge in [0.15, 0.2) is 5.82 Å². The van der Waals surface area contributed by atoms with E-state index < -0.39 is 73.9 Å². The summed E-state index contributed by atoms with van der Waals surface area (Å²) in [5.74, 6) is -3.61. The van der Waals surface area contributed by atoms with E-state index in [0.29, 0.717) is 36.9 Å². The summed E-state index contributed by atoms with van der Waals surface area (Å²) in [7, 11) is -2.34. The van der Waals surface area contributed by atoms with Crippen molar-refractivity contribution in [2.45, 2.75) is 100 Å².